The molecule has 0 N–H and O–H groups in total. The number of fused-ring (bicyclic) bond motifs is 1. The van der Waals surface area contributed by atoms with Gasteiger partial charge in [0.15, 0.2) is 10.3 Å². The van der Waals surface area contributed by atoms with Gasteiger partial charge in [-0.05, 0) is 49.2 Å². The van der Waals surface area contributed by atoms with Crippen LogP contribution in [0.5, 0.6) is 0 Å². The lowest BCUT2D eigenvalue weighted by molar-refractivity contribution is 0.119. The second kappa shape index (κ2) is 8.57. The minimum atomic E-state index is 0.0501. The van der Waals surface area contributed by atoms with Crippen LogP contribution in [0.2, 0.25) is 10.0 Å². The van der Waals surface area contributed by atoms with Crippen molar-refractivity contribution in [2.75, 3.05) is 0 Å². The quantitative estimate of drug-likeness (QED) is 0.561. The van der Waals surface area contributed by atoms with Crippen molar-refractivity contribution in [2.24, 2.45) is 9.98 Å². The molecule has 2 aliphatic heterocycles. The highest BCUT2D eigenvalue weighted by Crippen LogP contribution is 2.35. The van der Waals surface area contributed by atoms with E-state index in [1.54, 1.807) is 23.5 Å². The van der Waals surface area contributed by atoms with E-state index >= 15 is 0 Å². The smallest absolute Gasteiger partial charge is 0.182 e. The Hall–Kier alpha value is -1.34. The van der Waals surface area contributed by atoms with Crippen molar-refractivity contribution in [3.05, 3.63) is 69.7 Å². The van der Waals surface area contributed by atoms with Crippen LogP contribution in [0, 0.1) is 0 Å². The average Bonchev–Trinajstić information content (AvgIpc) is 3.19. The van der Waals surface area contributed by atoms with E-state index in [9.17, 15) is 0 Å². The van der Waals surface area contributed by atoms with Crippen LogP contribution in [0.1, 0.15) is 25.0 Å². The first-order valence-electron chi connectivity index (χ1n) is 9.00. The molecule has 146 valence electrons. The van der Waals surface area contributed by atoms with Gasteiger partial charge in [-0.2, -0.15) is 0 Å². The summed E-state index contributed by atoms with van der Waals surface area (Å²) in [5.41, 5.74) is 2.46. The third-order valence-corrected chi connectivity index (χ3v) is 7.05. The Kier molecular flexibility index (Phi) is 6.11. The van der Waals surface area contributed by atoms with E-state index in [1.807, 2.05) is 24.3 Å². The molecule has 2 unspecified atom stereocenters. The molecular weight excluding hydrogens is 431 g/mol. The van der Waals surface area contributed by atoms with Gasteiger partial charge < -0.3 is 0 Å². The van der Waals surface area contributed by atoms with E-state index < -0.39 is 0 Å². The normalized spacial score (nSPS) is 21.0. The van der Waals surface area contributed by atoms with Crippen LogP contribution in [0.3, 0.4) is 0 Å². The molecule has 0 fully saturated rings. The maximum absolute atomic E-state index is 5.98. The van der Waals surface area contributed by atoms with Crippen LogP contribution in [-0.2, 0) is 11.5 Å². The Bertz CT molecular complexity index is 824. The molecule has 0 aromatic heterocycles. The van der Waals surface area contributed by atoms with Gasteiger partial charge in [0, 0.05) is 21.6 Å². The molecular formula is C20H20Cl2N4S2. The number of thioether (sulfide) groups is 2. The SMILES string of the molecule is CC1N=C(SCc2ccc(Cl)cc2)N2C(C)N=C(SCc3ccc(Cl)cc3)N12. The van der Waals surface area contributed by atoms with Gasteiger partial charge in [-0.25, -0.2) is 20.0 Å². The molecule has 8 heteroatoms. The van der Waals surface area contributed by atoms with Crippen LogP contribution < -0.4 is 0 Å². The number of halogens is 2. The predicted octanol–water partition coefficient (Wildman–Crippen LogP) is 6.11. The first-order chi connectivity index (χ1) is 13.5. The van der Waals surface area contributed by atoms with E-state index in [0.717, 1.165) is 31.9 Å². The minimum absolute atomic E-state index is 0.0501. The second-order valence-corrected chi connectivity index (χ2v) is 9.36. The molecule has 2 atom stereocenters. The van der Waals surface area contributed by atoms with E-state index in [2.05, 4.69) is 48.1 Å². The molecule has 0 saturated carbocycles. The van der Waals surface area contributed by atoms with Gasteiger partial charge in [-0.3, -0.25) is 0 Å². The molecule has 2 aromatic rings. The van der Waals surface area contributed by atoms with Gasteiger partial charge in [-0.1, -0.05) is 71.0 Å². The Morgan fingerprint density at radius 3 is 1.43 bits per heavy atom. The van der Waals surface area contributed by atoms with Crippen molar-refractivity contribution in [3.8, 4) is 0 Å². The number of benzene rings is 2. The number of aliphatic imine (C=N–C) groups is 2. The first-order valence-corrected chi connectivity index (χ1v) is 11.7. The van der Waals surface area contributed by atoms with Gasteiger partial charge in [-0.15, -0.1) is 0 Å². The van der Waals surface area contributed by atoms with Crippen molar-refractivity contribution in [1.82, 2.24) is 10.0 Å². The number of amidine groups is 2. The molecule has 0 spiro atoms. The summed E-state index contributed by atoms with van der Waals surface area (Å²) in [7, 11) is 0. The van der Waals surface area contributed by atoms with Crippen molar-refractivity contribution in [2.45, 2.75) is 37.7 Å². The number of rotatable bonds is 4. The van der Waals surface area contributed by atoms with Gasteiger partial charge in [0.25, 0.3) is 0 Å². The summed E-state index contributed by atoms with van der Waals surface area (Å²) in [5, 5.41) is 7.96. The molecule has 4 rings (SSSR count). The van der Waals surface area contributed by atoms with Crippen molar-refractivity contribution >= 4 is 57.1 Å². The predicted molar refractivity (Wildman–Crippen MR) is 123 cm³/mol. The molecule has 2 aliphatic rings. The van der Waals surface area contributed by atoms with Gasteiger partial charge >= 0.3 is 0 Å². The zero-order valence-electron chi connectivity index (χ0n) is 15.5. The molecule has 0 bridgehead atoms. The topological polar surface area (TPSA) is 31.2 Å². The Morgan fingerprint density at radius 2 is 1.07 bits per heavy atom. The van der Waals surface area contributed by atoms with Gasteiger partial charge in [0.1, 0.15) is 12.3 Å². The highest BCUT2D eigenvalue weighted by Gasteiger charge is 2.41. The lowest BCUT2D eigenvalue weighted by Crippen LogP contribution is -2.44. The average molecular weight is 451 g/mol. The minimum Gasteiger partial charge on any atom is -0.234 e. The maximum atomic E-state index is 5.98. The zero-order valence-corrected chi connectivity index (χ0v) is 18.7. The third kappa shape index (κ3) is 4.30. The monoisotopic (exact) mass is 450 g/mol. The lowest BCUT2D eigenvalue weighted by atomic mass is 10.2. The van der Waals surface area contributed by atoms with E-state index in [1.165, 1.54) is 11.1 Å². The van der Waals surface area contributed by atoms with Crippen LogP contribution in [0.4, 0.5) is 0 Å². The van der Waals surface area contributed by atoms with Crippen LogP contribution in [0.25, 0.3) is 0 Å². The molecule has 0 amide bonds. The van der Waals surface area contributed by atoms with E-state index in [4.69, 9.17) is 33.2 Å². The Morgan fingerprint density at radius 1 is 0.714 bits per heavy atom. The molecule has 2 aromatic carbocycles. The van der Waals surface area contributed by atoms with Crippen LogP contribution in [0.15, 0.2) is 58.5 Å². The fourth-order valence-corrected chi connectivity index (χ4v) is 5.50. The number of nitrogens with zero attached hydrogens (tertiary/aromatic N) is 4. The van der Waals surface area contributed by atoms with Crippen molar-refractivity contribution in [3.63, 3.8) is 0 Å². The number of hydrogen-bond donors (Lipinski definition) is 0. The van der Waals surface area contributed by atoms with E-state index in [-0.39, 0.29) is 12.3 Å². The number of hydrazine groups is 1. The standard InChI is InChI=1S/C20H20Cl2N4S2/c1-13-23-19(27-11-15-3-7-17(21)8-4-15)26-14(2)24-20(25(13)26)28-12-16-5-9-18(22)10-6-16/h3-10,13-14H,11-12H2,1-2H3. The molecule has 28 heavy (non-hydrogen) atoms. The van der Waals surface area contributed by atoms with Gasteiger partial charge in [0.2, 0.25) is 0 Å². The first kappa shape index (κ1) is 20.0. The maximum Gasteiger partial charge on any atom is 0.182 e. The molecule has 4 nitrogen and oxygen atoms in total. The fraction of sp³-hybridized carbons (Fsp3) is 0.300. The highest BCUT2D eigenvalue weighted by molar-refractivity contribution is 8.13. The number of hydrogen-bond acceptors (Lipinski definition) is 6. The van der Waals surface area contributed by atoms with Crippen molar-refractivity contribution in [1.29, 1.82) is 0 Å². The second-order valence-electron chi connectivity index (χ2n) is 6.61. The molecule has 0 aliphatic carbocycles. The summed E-state index contributed by atoms with van der Waals surface area (Å²) in [6.45, 7) is 4.22. The molecule has 2 heterocycles. The lowest BCUT2D eigenvalue weighted by Gasteiger charge is -2.29. The summed E-state index contributed by atoms with van der Waals surface area (Å²) in [5.74, 6) is 1.71. The summed E-state index contributed by atoms with van der Waals surface area (Å²) in [6.07, 6.45) is 0.100. The Balaban J connectivity index is 1.39. The summed E-state index contributed by atoms with van der Waals surface area (Å²) >= 11 is 15.4. The van der Waals surface area contributed by atoms with Crippen LogP contribution >= 0.6 is 46.7 Å². The molecule has 0 radical (unpaired) electrons. The van der Waals surface area contributed by atoms with Gasteiger partial charge in [0.05, 0.1) is 0 Å². The van der Waals surface area contributed by atoms with E-state index in [0.29, 0.717) is 0 Å². The summed E-state index contributed by atoms with van der Waals surface area (Å²) < 4.78 is 0. The third-order valence-electron chi connectivity index (χ3n) is 4.49. The Labute approximate surface area is 184 Å². The fourth-order valence-electron chi connectivity index (χ4n) is 3.08. The largest absolute Gasteiger partial charge is 0.234 e. The highest BCUT2D eigenvalue weighted by atomic mass is 35.5. The summed E-state index contributed by atoms with van der Waals surface area (Å²) in [6, 6.07) is 15.9. The molecule has 0 saturated heterocycles. The van der Waals surface area contributed by atoms with Crippen LogP contribution in [-0.4, -0.2) is 32.7 Å². The zero-order chi connectivity index (χ0) is 19.7. The summed E-state index contributed by atoms with van der Waals surface area (Å²) in [4.78, 5) is 9.73. The van der Waals surface area contributed by atoms with Crippen molar-refractivity contribution < 1.29 is 0 Å².